The Morgan fingerprint density at radius 2 is 1.45 bits per heavy atom. The van der Waals surface area contributed by atoms with E-state index in [-0.39, 0.29) is 17.9 Å². The van der Waals surface area contributed by atoms with Gasteiger partial charge in [-0.2, -0.15) is 0 Å². The maximum Gasteiger partial charge on any atom is 0.271 e. The van der Waals surface area contributed by atoms with E-state index < -0.39 is 0 Å². The minimum Gasteiger partial charge on any atom is -0.406 e. The quantitative estimate of drug-likeness (QED) is 0.317. The molecule has 6 heteroatoms. The molecule has 1 unspecified atom stereocenters. The number of hydrogen-bond donors (Lipinski definition) is 2. The van der Waals surface area contributed by atoms with Gasteiger partial charge in [0.25, 0.3) is 5.76 Å². The first-order valence-corrected chi connectivity index (χ1v) is 10.2. The molecule has 0 saturated carbocycles. The summed E-state index contributed by atoms with van der Waals surface area (Å²) < 4.78 is 11.6. The smallest absolute Gasteiger partial charge is 0.271 e. The zero-order chi connectivity index (χ0) is 22.6. The lowest BCUT2D eigenvalue weighted by Gasteiger charge is -2.12. The van der Waals surface area contributed by atoms with E-state index in [0.717, 1.165) is 22.5 Å². The maximum absolute atomic E-state index is 11.2. The van der Waals surface area contributed by atoms with Crippen molar-refractivity contribution in [2.75, 3.05) is 23.8 Å². The van der Waals surface area contributed by atoms with Gasteiger partial charge in [-0.1, -0.05) is 12.1 Å². The van der Waals surface area contributed by atoms with Gasteiger partial charge in [-0.05, 0) is 55.8 Å². The van der Waals surface area contributed by atoms with Crippen molar-refractivity contribution in [2.24, 2.45) is 0 Å². The molecule has 2 rings (SSSR count). The number of anilines is 2. The second-order valence-electron chi connectivity index (χ2n) is 6.71. The van der Waals surface area contributed by atoms with Crippen molar-refractivity contribution in [1.82, 2.24) is 0 Å². The Balaban J connectivity index is 2.18. The van der Waals surface area contributed by atoms with Crippen LogP contribution in [0.25, 0.3) is 5.76 Å². The lowest BCUT2D eigenvalue weighted by molar-refractivity contribution is -0.115. The highest BCUT2D eigenvalue weighted by atomic mass is 16.5. The first kappa shape index (κ1) is 23.8. The summed E-state index contributed by atoms with van der Waals surface area (Å²) in [6.07, 6.45) is 6.50. The summed E-state index contributed by atoms with van der Waals surface area (Å²) in [5, 5.41) is 5.50. The van der Waals surface area contributed by atoms with E-state index in [1.54, 1.807) is 6.08 Å². The first-order chi connectivity index (χ1) is 14.9. The molecule has 1 atom stereocenters. The maximum atomic E-state index is 11.2. The minimum atomic E-state index is -0.280. The molecule has 0 fully saturated rings. The highest BCUT2D eigenvalue weighted by Gasteiger charge is 2.14. The molecule has 2 N–H and O–H groups in total. The fourth-order valence-corrected chi connectivity index (χ4v) is 2.88. The topological polar surface area (TPSA) is 76.7 Å². The van der Waals surface area contributed by atoms with Gasteiger partial charge in [0.15, 0.2) is 0 Å². The highest BCUT2D eigenvalue weighted by Crippen LogP contribution is 2.23. The monoisotopic (exact) mass is 421 g/mol. The zero-order valence-electron chi connectivity index (χ0n) is 18.4. The second-order valence-corrected chi connectivity index (χ2v) is 6.71. The fourth-order valence-electron chi connectivity index (χ4n) is 2.88. The third-order valence-electron chi connectivity index (χ3n) is 4.16. The summed E-state index contributed by atoms with van der Waals surface area (Å²) in [6, 6.07) is 14.9. The predicted octanol–water partition coefficient (Wildman–Crippen LogP) is 5.12. The van der Waals surface area contributed by atoms with Crippen LogP contribution < -0.4 is 10.6 Å². The SMILES string of the molecule is CCO/C(=C/[C+]=CC(OCC)c1ccc(NC(C)=O)cc1)c1ccc(NC(C)=O)cc1. The summed E-state index contributed by atoms with van der Waals surface area (Å²) >= 11 is 0. The summed E-state index contributed by atoms with van der Waals surface area (Å²) in [6.45, 7) is 7.86. The molecule has 2 aromatic rings. The Morgan fingerprint density at radius 3 is 1.94 bits per heavy atom. The lowest BCUT2D eigenvalue weighted by Crippen LogP contribution is -2.06. The molecule has 0 heterocycles. The molecule has 0 bridgehead atoms. The average molecular weight is 422 g/mol. The van der Waals surface area contributed by atoms with Gasteiger partial charge in [-0.3, -0.25) is 9.59 Å². The molecule has 2 aromatic carbocycles. The van der Waals surface area contributed by atoms with Gasteiger partial charge in [-0.15, -0.1) is 0 Å². The van der Waals surface area contributed by atoms with Crippen LogP contribution in [0.4, 0.5) is 11.4 Å². The number of allylic oxidation sites excluding steroid dienone is 2. The van der Waals surface area contributed by atoms with Gasteiger partial charge in [-0.25, -0.2) is 0 Å². The van der Waals surface area contributed by atoms with Gasteiger partial charge < -0.3 is 20.1 Å². The molecule has 162 valence electrons. The van der Waals surface area contributed by atoms with Crippen LogP contribution in [0.2, 0.25) is 0 Å². The van der Waals surface area contributed by atoms with Gasteiger partial charge in [0.1, 0.15) is 18.3 Å². The number of rotatable bonds is 10. The molecule has 0 saturated heterocycles. The van der Waals surface area contributed by atoms with E-state index in [9.17, 15) is 9.59 Å². The van der Waals surface area contributed by atoms with Crippen molar-refractivity contribution in [3.63, 3.8) is 0 Å². The summed E-state index contributed by atoms with van der Waals surface area (Å²) in [7, 11) is 0. The van der Waals surface area contributed by atoms with E-state index in [0.29, 0.717) is 19.0 Å². The molecule has 2 amide bonds. The van der Waals surface area contributed by atoms with E-state index >= 15 is 0 Å². The number of nitrogens with one attached hydrogen (secondary N) is 2. The largest absolute Gasteiger partial charge is 0.406 e. The number of ether oxygens (including phenoxy) is 2. The molecule has 0 aliphatic rings. The van der Waals surface area contributed by atoms with Crippen LogP contribution in [0.3, 0.4) is 0 Å². The Kier molecular flexibility index (Phi) is 9.43. The van der Waals surface area contributed by atoms with Gasteiger partial charge in [0.05, 0.1) is 12.2 Å². The molecular formula is C25H29N2O4+. The van der Waals surface area contributed by atoms with E-state index in [4.69, 9.17) is 9.47 Å². The van der Waals surface area contributed by atoms with Crippen molar-refractivity contribution in [3.8, 4) is 0 Å². The van der Waals surface area contributed by atoms with Gasteiger partial charge >= 0.3 is 0 Å². The molecule has 0 radical (unpaired) electrons. The second kappa shape index (κ2) is 12.3. The number of carbonyl (C=O) groups is 2. The first-order valence-electron chi connectivity index (χ1n) is 10.2. The standard InChI is InChI=1S/C25H28N2O4/c1-5-30-24(20-10-14-22(15-11-20)26-18(3)28)8-7-9-25(31-6-2)21-12-16-23(17-13-21)27-19(4)29/h8-17,24H,5-6H2,1-4H3,(H-,26,27,28,29)/p+1/b25-9+. The van der Waals surface area contributed by atoms with Crippen LogP contribution in [-0.4, -0.2) is 25.0 Å². The van der Waals surface area contributed by atoms with Crippen LogP contribution in [0.15, 0.2) is 60.7 Å². The Bertz CT molecular complexity index is 916. The Hall–Kier alpha value is -3.47. The van der Waals surface area contributed by atoms with Crippen LogP contribution in [0.1, 0.15) is 44.9 Å². The fraction of sp³-hybridized carbons (Fsp3) is 0.280. The number of carbonyl (C=O) groups excluding carboxylic acids is 2. The van der Waals surface area contributed by atoms with Crippen molar-refractivity contribution in [3.05, 3.63) is 77.9 Å². The summed E-state index contributed by atoms with van der Waals surface area (Å²) in [5.74, 6) is 0.446. The summed E-state index contributed by atoms with van der Waals surface area (Å²) in [5.41, 5.74) is 3.30. The van der Waals surface area contributed by atoms with Crippen LogP contribution in [0, 0.1) is 6.08 Å². The van der Waals surface area contributed by atoms with E-state index in [2.05, 4.69) is 16.7 Å². The molecule has 0 aromatic heterocycles. The molecule has 0 aliphatic carbocycles. The molecule has 6 nitrogen and oxygen atoms in total. The zero-order valence-corrected chi connectivity index (χ0v) is 18.4. The Morgan fingerprint density at radius 1 is 0.903 bits per heavy atom. The van der Waals surface area contributed by atoms with Gasteiger partial charge in [0, 0.05) is 31.8 Å². The van der Waals surface area contributed by atoms with Crippen molar-refractivity contribution in [1.29, 1.82) is 0 Å². The molecule has 0 spiro atoms. The number of benzene rings is 2. The number of hydrogen-bond acceptors (Lipinski definition) is 4. The average Bonchev–Trinajstić information content (AvgIpc) is 2.73. The Labute approximate surface area is 184 Å². The van der Waals surface area contributed by atoms with Crippen molar-refractivity contribution < 1.29 is 19.1 Å². The van der Waals surface area contributed by atoms with Gasteiger partial charge in [0.2, 0.25) is 17.9 Å². The van der Waals surface area contributed by atoms with Crippen molar-refractivity contribution >= 4 is 28.9 Å². The van der Waals surface area contributed by atoms with Crippen molar-refractivity contribution in [2.45, 2.75) is 33.8 Å². The van der Waals surface area contributed by atoms with E-state index in [1.807, 2.05) is 68.5 Å². The molecule has 31 heavy (non-hydrogen) atoms. The highest BCUT2D eigenvalue weighted by molar-refractivity contribution is 5.89. The molecular weight excluding hydrogens is 392 g/mol. The van der Waals surface area contributed by atoms with Crippen LogP contribution in [-0.2, 0) is 19.1 Å². The van der Waals surface area contributed by atoms with E-state index in [1.165, 1.54) is 13.8 Å². The third kappa shape index (κ3) is 8.05. The van der Waals surface area contributed by atoms with Crippen LogP contribution in [0.5, 0.6) is 0 Å². The molecule has 0 aliphatic heterocycles. The lowest BCUT2D eigenvalue weighted by atomic mass is 10.1. The third-order valence-corrected chi connectivity index (χ3v) is 4.16. The normalized spacial score (nSPS) is 12.2. The number of amides is 2. The predicted molar refractivity (Wildman–Crippen MR) is 123 cm³/mol. The van der Waals surface area contributed by atoms with Crippen LogP contribution >= 0.6 is 0 Å². The summed E-state index contributed by atoms with van der Waals surface area (Å²) in [4.78, 5) is 22.4. The minimum absolute atomic E-state index is 0.110.